The number of amides is 1. The Bertz CT molecular complexity index is 887. The summed E-state index contributed by atoms with van der Waals surface area (Å²) in [5.74, 6) is 0.193. The third-order valence-electron chi connectivity index (χ3n) is 3.44. The lowest BCUT2D eigenvalue weighted by Crippen LogP contribution is -2.18. The van der Waals surface area contributed by atoms with Crippen molar-refractivity contribution < 1.29 is 4.79 Å². The Balaban J connectivity index is 2.18. The first-order chi connectivity index (χ1) is 10.5. The van der Waals surface area contributed by atoms with E-state index in [0.29, 0.717) is 16.5 Å². The van der Waals surface area contributed by atoms with E-state index in [4.69, 9.17) is 17.3 Å². The maximum absolute atomic E-state index is 11.7. The zero-order chi connectivity index (χ0) is 15.9. The molecule has 112 valence electrons. The molecule has 3 aromatic rings. The van der Waals surface area contributed by atoms with Crippen LogP contribution in [0.4, 0.5) is 5.82 Å². The number of nitrogen functional groups attached to an aromatic ring is 1. The molecule has 0 atom stereocenters. The number of pyridine rings is 1. The molecule has 22 heavy (non-hydrogen) atoms. The zero-order valence-electron chi connectivity index (χ0n) is 12.1. The molecule has 0 unspecified atom stereocenters. The number of nitrogens with zero attached hydrogens (tertiary/aromatic N) is 3. The summed E-state index contributed by atoms with van der Waals surface area (Å²) < 4.78 is 1.65. The van der Waals surface area contributed by atoms with Crippen molar-refractivity contribution in [2.75, 3.05) is 12.8 Å². The Kier molecular flexibility index (Phi) is 3.46. The first-order valence-corrected chi connectivity index (χ1v) is 6.98. The number of carbonyl (C=O) groups is 1. The van der Waals surface area contributed by atoms with Crippen molar-refractivity contribution in [3.8, 4) is 11.3 Å². The normalized spacial score (nSPS) is 10.9. The van der Waals surface area contributed by atoms with Crippen LogP contribution >= 0.6 is 11.6 Å². The number of hydrogen-bond donors (Lipinski definition) is 2. The van der Waals surface area contributed by atoms with E-state index in [0.717, 1.165) is 22.0 Å². The molecule has 0 radical (unpaired) electrons. The highest BCUT2D eigenvalue weighted by Gasteiger charge is 2.14. The molecule has 1 aromatic carbocycles. The van der Waals surface area contributed by atoms with E-state index >= 15 is 0 Å². The lowest BCUT2D eigenvalue weighted by molar-refractivity contribution is 0.0957. The van der Waals surface area contributed by atoms with E-state index < -0.39 is 0 Å². The highest BCUT2D eigenvalue weighted by molar-refractivity contribution is 6.35. The number of rotatable bonds is 2. The van der Waals surface area contributed by atoms with Crippen LogP contribution in [0.1, 0.15) is 10.5 Å². The number of aromatic nitrogens is 3. The predicted octanol–water partition coefficient (Wildman–Crippen LogP) is 2.23. The van der Waals surface area contributed by atoms with Crippen LogP contribution in [0.3, 0.4) is 0 Å². The molecule has 0 aliphatic heterocycles. The Morgan fingerprint density at radius 2 is 2.09 bits per heavy atom. The molecule has 6 nitrogen and oxygen atoms in total. The lowest BCUT2D eigenvalue weighted by atomic mass is 10.1. The Morgan fingerprint density at radius 3 is 2.82 bits per heavy atom. The summed E-state index contributed by atoms with van der Waals surface area (Å²) in [6.45, 7) is 0. The standard InChI is InChI=1S/C15H14ClN5O/c1-18-15(22)12-6-13(21(2)20-12)9-3-8-5-14(17)19-7-10(8)11(16)4-9/h3-7H,1-2H3,(H2,17,19)(H,18,22). The van der Waals surface area contributed by atoms with Gasteiger partial charge in [0.05, 0.1) is 10.7 Å². The quantitative estimate of drug-likeness (QED) is 0.759. The van der Waals surface area contributed by atoms with Gasteiger partial charge in [0.15, 0.2) is 5.69 Å². The number of anilines is 1. The van der Waals surface area contributed by atoms with Crippen LogP contribution in [-0.4, -0.2) is 27.7 Å². The summed E-state index contributed by atoms with van der Waals surface area (Å²) in [4.78, 5) is 15.7. The number of nitrogens with two attached hydrogens (primary N) is 1. The van der Waals surface area contributed by atoms with Crippen molar-refractivity contribution in [1.29, 1.82) is 0 Å². The molecule has 2 aromatic heterocycles. The Hall–Kier alpha value is -2.60. The van der Waals surface area contributed by atoms with Crippen LogP contribution in [0.5, 0.6) is 0 Å². The fraction of sp³-hybridized carbons (Fsp3) is 0.133. The summed E-state index contributed by atoms with van der Waals surface area (Å²) in [5, 5.41) is 9.05. The van der Waals surface area contributed by atoms with Gasteiger partial charge in [0, 0.05) is 31.2 Å². The van der Waals surface area contributed by atoms with Gasteiger partial charge in [0.1, 0.15) is 5.82 Å². The molecule has 3 N–H and O–H groups in total. The topological polar surface area (TPSA) is 85.8 Å². The number of hydrogen-bond acceptors (Lipinski definition) is 4. The SMILES string of the molecule is CNC(=O)c1cc(-c2cc(Cl)c3cnc(N)cc3c2)n(C)n1. The molecule has 0 aliphatic rings. The van der Waals surface area contributed by atoms with Gasteiger partial charge in [-0.05, 0) is 29.7 Å². The molecule has 0 spiro atoms. The average Bonchev–Trinajstić information content (AvgIpc) is 2.87. The van der Waals surface area contributed by atoms with Gasteiger partial charge in [-0.2, -0.15) is 5.10 Å². The van der Waals surface area contributed by atoms with Gasteiger partial charge in [0.25, 0.3) is 5.91 Å². The average molecular weight is 316 g/mol. The maximum atomic E-state index is 11.7. The number of fused-ring (bicyclic) bond motifs is 1. The predicted molar refractivity (Wildman–Crippen MR) is 86.8 cm³/mol. The number of aryl methyl sites for hydroxylation is 1. The van der Waals surface area contributed by atoms with E-state index in [1.54, 1.807) is 37.1 Å². The van der Waals surface area contributed by atoms with Gasteiger partial charge in [-0.25, -0.2) is 4.98 Å². The van der Waals surface area contributed by atoms with Crippen LogP contribution in [-0.2, 0) is 7.05 Å². The molecule has 0 saturated carbocycles. The number of halogens is 1. The molecular formula is C15H14ClN5O. The summed E-state index contributed by atoms with van der Waals surface area (Å²) >= 11 is 6.32. The molecule has 0 bridgehead atoms. The molecule has 0 aliphatic carbocycles. The molecule has 7 heteroatoms. The van der Waals surface area contributed by atoms with E-state index in [1.807, 2.05) is 12.1 Å². The molecule has 0 saturated heterocycles. The van der Waals surface area contributed by atoms with Crippen LogP contribution in [0.2, 0.25) is 5.02 Å². The largest absolute Gasteiger partial charge is 0.384 e. The third kappa shape index (κ3) is 2.37. The van der Waals surface area contributed by atoms with E-state index in [1.165, 1.54) is 0 Å². The summed E-state index contributed by atoms with van der Waals surface area (Å²) in [6.07, 6.45) is 1.65. The van der Waals surface area contributed by atoms with Crippen molar-refractivity contribution in [3.63, 3.8) is 0 Å². The maximum Gasteiger partial charge on any atom is 0.271 e. The lowest BCUT2D eigenvalue weighted by Gasteiger charge is -2.07. The van der Waals surface area contributed by atoms with Crippen LogP contribution in [0.15, 0.2) is 30.5 Å². The summed E-state index contributed by atoms with van der Waals surface area (Å²) in [7, 11) is 3.35. The van der Waals surface area contributed by atoms with Gasteiger partial charge < -0.3 is 11.1 Å². The van der Waals surface area contributed by atoms with Crippen LogP contribution in [0, 0.1) is 0 Å². The smallest absolute Gasteiger partial charge is 0.271 e. The van der Waals surface area contributed by atoms with Gasteiger partial charge in [-0.1, -0.05) is 11.6 Å². The minimum Gasteiger partial charge on any atom is -0.384 e. The third-order valence-corrected chi connectivity index (χ3v) is 3.76. The summed E-state index contributed by atoms with van der Waals surface area (Å²) in [6, 6.07) is 7.26. The molecule has 1 amide bonds. The van der Waals surface area contributed by atoms with Gasteiger partial charge in [-0.15, -0.1) is 0 Å². The van der Waals surface area contributed by atoms with Crippen LogP contribution in [0.25, 0.3) is 22.0 Å². The van der Waals surface area contributed by atoms with Gasteiger partial charge >= 0.3 is 0 Å². The molecular weight excluding hydrogens is 302 g/mol. The number of benzene rings is 1. The first-order valence-electron chi connectivity index (χ1n) is 6.61. The van der Waals surface area contributed by atoms with Crippen LogP contribution < -0.4 is 11.1 Å². The molecule has 0 fully saturated rings. The fourth-order valence-corrected chi connectivity index (χ4v) is 2.63. The Morgan fingerprint density at radius 1 is 1.32 bits per heavy atom. The van der Waals surface area contributed by atoms with Crippen molar-refractivity contribution in [1.82, 2.24) is 20.1 Å². The molecule has 3 rings (SSSR count). The van der Waals surface area contributed by atoms with E-state index in [-0.39, 0.29) is 5.91 Å². The highest BCUT2D eigenvalue weighted by atomic mass is 35.5. The number of carbonyl (C=O) groups excluding carboxylic acids is 1. The fourth-order valence-electron chi connectivity index (χ4n) is 2.35. The number of nitrogens with one attached hydrogen (secondary N) is 1. The Labute approximate surface area is 131 Å². The highest BCUT2D eigenvalue weighted by Crippen LogP contribution is 2.31. The second kappa shape index (κ2) is 5.31. The van der Waals surface area contributed by atoms with E-state index in [2.05, 4.69) is 15.4 Å². The van der Waals surface area contributed by atoms with Crippen molar-refractivity contribution in [3.05, 3.63) is 41.2 Å². The summed E-state index contributed by atoms with van der Waals surface area (Å²) in [5.41, 5.74) is 7.73. The minimum atomic E-state index is -0.234. The first kappa shape index (κ1) is 14.3. The second-order valence-corrected chi connectivity index (χ2v) is 5.31. The minimum absolute atomic E-state index is 0.234. The van der Waals surface area contributed by atoms with Crippen molar-refractivity contribution in [2.45, 2.75) is 0 Å². The van der Waals surface area contributed by atoms with Crippen molar-refractivity contribution in [2.24, 2.45) is 7.05 Å². The van der Waals surface area contributed by atoms with Crippen molar-refractivity contribution >= 4 is 34.1 Å². The molecule has 2 heterocycles. The van der Waals surface area contributed by atoms with E-state index in [9.17, 15) is 4.79 Å². The van der Waals surface area contributed by atoms with Gasteiger partial charge in [-0.3, -0.25) is 9.48 Å². The second-order valence-electron chi connectivity index (χ2n) is 4.91. The zero-order valence-corrected chi connectivity index (χ0v) is 12.8. The monoisotopic (exact) mass is 315 g/mol. The van der Waals surface area contributed by atoms with Gasteiger partial charge in [0.2, 0.25) is 0 Å².